The highest BCUT2D eigenvalue weighted by atomic mass is 35.5. The third-order valence-corrected chi connectivity index (χ3v) is 4.59. The van der Waals surface area contributed by atoms with Gasteiger partial charge in [0.05, 0.1) is 19.1 Å². The van der Waals surface area contributed by atoms with Crippen LogP contribution in [0.2, 0.25) is 0 Å². The number of ether oxygens (including phenoxy) is 1. The van der Waals surface area contributed by atoms with Gasteiger partial charge >= 0.3 is 0 Å². The van der Waals surface area contributed by atoms with Crippen molar-refractivity contribution in [2.75, 3.05) is 32.8 Å². The predicted molar refractivity (Wildman–Crippen MR) is 105 cm³/mol. The van der Waals surface area contributed by atoms with Crippen LogP contribution in [-0.2, 0) is 16.1 Å². The molecule has 25 heavy (non-hydrogen) atoms. The number of carbonyl (C=O) groups excluding carboxylic acids is 1. The Hall–Kier alpha value is -0.850. The average molecular weight is 390 g/mol. The summed E-state index contributed by atoms with van der Waals surface area (Å²) in [5.41, 5.74) is 1.31. The van der Waals surface area contributed by atoms with Crippen molar-refractivity contribution in [3.8, 4) is 0 Å². The monoisotopic (exact) mass is 389 g/mol. The minimum atomic E-state index is 0. The van der Waals surface area contributed by atoms with Gasteiger partial charge < -0.3 is 15.4 Å². The minimum absolute atomic E-state index is 0. The third kappa shape index (κ3) is 7.50. The molecule has 2 saturated heterocycles. The number of benzene rings is 1. The van der Waals surface area contributed by atoms with Gasteiger partial charge in [-0.15, -0.1) is 24.8 Å². The number of morpholine rings is 1. The van der Waals surface area contributed by atoms with Gasteiger partial charge in [-0.2, -0.15) is 0 Å². The first kappa shape index (κ1) is 22.2. The fourth-order valence-corrected chi connectivity index (χ4v) is 3.35. The molecule has 0 spiro atoms. The summed E-state index contributed by atoms with van der Waals surface area (Å²) < 4.78 is 5.79. The van der Waals surface area contributed by atoms with Crippen molar-refractivity contribution in [1.82, 2.24) is 15.5 Å². The van der Waals surface area contributed by atoms with Gasteiger partial charge in [-0.1, -0.05) is 30.3 Å². The van der Waals surface area contributed by atoms with Gasteiger partial charge in [-0.3, -0.25) is 9.69 Å². The zero-order chi connectivity index (χ0) is 15.9. The van der Waals surface area contributed by atoms with Crippen LogP contribution >= 0.6 is 24.8 Å². The van der Waals surface area contributed by atoms with E-state index in [1.54, 1.807) is 0 Å². The fourth-order valence-electron chi connectivity index (χ4n) is 3.35. The van der Waals surface area contributed by atoms with Crippen LogP contribution in [0.3, 0.4) is 0 Å². The first-order valence-electron chi connectivity index (χ1n) is 8.67. The second-order valence-electron chi connectivity index (χ2n) is 6.51. The van der Waals surface area contributed by atoms with Crippen molar-refractivity contribution in [1.29, 1.82) is 0 Å². The van der Waals surface area contributed by atoms with Crippen LogP contribution in [0.5, 0.6) is 0 Å². The number of piperidine rings is 1. The van der Waals surface area contributed by atoms with Crippen molar-refractivity contribution >= 4 is 30.7 Å². The topological polar surface area (TPSA) is 53.6 Å². The van der Waals surface area contributed by atoms with E-state index in [0.717, 1.165) is 45.6 Å². The van der Waals surface area contributed by atoms with Gasteiger partial charge in [0.2, 0.25) is 5.91 Å². The SMILES string of the molecule is Cl.Cl.O=C(CC1CN(Cc2ccccc2)CCO1)NC1CCNCC1. The molecule has 2 aliphatic heterocycles. The van der Waals surface area contributed by atoms with E-state index < -0.39 is 0 Å². The summed E-state index contributed by atoms with van der Waals surface area (Å²) in [6, 6.07) is 10.8. The van der Waals surface area contributed by atoms with Gasteiger partial charge in [-0.25, -0.2) is 0 Å². The molecular weight excluding hydrogens is 361 g/mol. The predicted octanol–water partition coefficient (Wildman–Crippen LogP) is 1.99. The zero-order valence-corrected chi connectivity index (χ0v) is 16.1. The number of halogens is 2. The van der Waals surface area contributed by atoms with Crippen molar-refractivity contribution in [2.24, 2.45) is 0 Å². The Morgan fingerprint density at radius 2 is 1.92 bits per heavy atom. The highest BCUT2D eigenvalue weighted by Crippen LogP contribution is 2.13. The lowest BCUT2D eigenvalue weighted by molar-refractivity contribution is -0.127. The van der Waals surface area contributed by atoms with E-state index in [1.807, 2.05) is 6.07 Å². The summed E-state index contributed by atoms with van der Waals surface area (Å²) in [6.45, 7) is 5.38. The quantitative estimate of drug-likeness (QED) is 0.808. The molecule has 142 valence electrons. The lowest BCUT2D eigenvalue weighted by atomic mass is 10.1. The molecule has 2 aliphatic rings. The Kier molecular flexibility index (Phi) is 10.4. The molecule has 0 saturated carbocycles. The van der Waals surface area contributed by atoms with Gasteiger partial charge in [-0.05, 0) is 31.5 Å². The van der Waals surface area contributed by atoms with Gasteiger partial charge in [0.15, 0.2) is 0 Å². The average Bonchev–Trinajstić information content (AvgIpc) is 2.57. The van der Waals surface area contributed by atoms with Crippen LogP contribution < -0.4 is 10.6 Å². The standard InChI is InChI=1S/C18H27N3O2.2ClH/c22-18(20-16-6-8-19-9-7-16)12-17-14-21(10-11-23-17)13-15-4-2-1-3-5-15;;/h1-5,16-17,19H,6-14H2,(H,20,22);2*1H. The number of hydrogen-bond donors (Lipinski definition) is 2. The largest absolute Gasteiger partial charge is 0.375 e. The summed E-state index contributed by atoms with van der Waals surface area (Å²) in [6.07, 6.45) is 2.53. The molecule has 0 radical (unpaired) electrons. The molecule has 1 atom stereocenters. The molecule has 2 heterocycles. The van der Waals surface area contributed by atoms with Crippen LogP contribution in [0, 0.1) is 0 Å². The lowest BCUT2D eigenvalue weighted by Gasteiger charge is -2.33. The summed E-state index contributed by atoms with van der Waals surface area (Å²) >= 11 is 0. The van der Waals surface area contributed by atoms with E-state index in [4.69, 9.17) is 4.74 Å². The normalized spacial score (nSPS) is 21.7. The van der Waals surface area contributed by atoms with Gasteiger partial charge in [0, 0.05) is 25.7 Å². The number of hydrogen-bond acceptors (Lipinski definition) is 4. The van der Waals surface area contributed by atoms with Crippen molar-refractivity contribution in [3.63, 3.8) is 0 Å². The molecule has 0 bridgehead atoms. The Balaban J connectivity index is 0.00000156. The number of nitrogens with zero attached hydrogens (tertiary/aromatic N) is 1. The highest BCUT2D eigenvalue weighted by Gasteiger charge is 2.24. The lowest BCUT2D eigenvalue weighted by Crippen LogP contribution is -2.47. The number of amides is 1. The maximum atomic E-state index is 12.2. The van der Waals surface area contributed by atoms with Gasteiger partial charge in [0.1, 0.15) is 0 Å². The van der Waals surface area contributed by atoms with E-state index in [2.05, 4.69) is 39.8 Å². The maximum Gasteiger partial charge on any atom is 0.222 e. The van der Waals surface area contributed by atoms with Crippen molar-refractivity contribution in [3.05, 3.63) is 35.9 Å². The van der Waals surface area contributed by atoms with Crippen LogP contribution in [0.1, 0.15) is 24.8 Å². The Morgan fingerprint density at radius 1 is 1.20 bits per heavy atom. The molecule has 3 rings (SSSR count). The molecule has 1 aromatic rings. The molecule has 1 unspecified atom stereocenters. The van der Waals surface area contributed by atoms with Crippen molar-refractivity contribution in [2.45, 2.75) is 38.0 Å². The highest BCUT2D eigenvalue weighted by molar-refractivity contribution is 5.85. The maximum absolute atomic E-state index is 12.2. The van der Waals surface area contributed by atoms with Crippen LogP contribution in [0.4, 0.5) is 0 Å². The third-order valence-electron chi connectivity index (χ3n) is 4.59. The Morgan fingerprint density at radius 3 is 2.64 bits per heavy atom. The first-order valence-corrected chi connectivity index (χ1v) is 8.67. The van der Waals surface area contributed by atoms with E-state index in [1.165, 1.54) is 5.56 Å². The second-order valence-corrected chi connectivity index (χ2v) is 6.51. The fraction of sp³-hybridized carbons (Fsp3) is 0.611. The van der Waals surface area contributed by atoms with Gasteiger partial charge in [0.25, 0.3) is 0 Å². The molecule has 7 heteroatoms. The van der Waals surface area contributed by atoms with Crippen LogP contribution in [0.25, 0.3) is 0 Å². The zero-order valence-electron chi connectivity index (χ0n) is 14.5. The van der Waals surface area contributed by atoms with E-state index in [9.17, 15) is 4.79 Å². The Bertz CT molecular complexity index is 498. The molecule has 5 nitrogen and oxygen atoms in total. The first-order chi connectivity index (χ1) is 11.3. The molecule has 2 N–H and O–H groups in total. The number of nitrogens with one attached hydrogen (secondary N) is 2. The molecule has 1 amide bonds. The summed E-state index contributed by atoms with van der Waals surface area (Å²) in [5, 5.41) is 6.47. The number of carbonyl (C=O) groups is 1. The molecule has 2 fully saturated rings. The van der Waals surface area contributed by atoms with E-state index >= 15 is 0 Å². The van der Waals surface area contributed by atoms with Crippen LogP contribution in [-0.4, -0.2) is 55.7 Å². The van der Waals surface area contributed by atoms with Crippen LogP contribution in [0.15, 0.2) is 30.3 Å². The summed E-state index contributed by atoms with van der Waals surface area (Å²) in [4.78, 5) is 14.6. The Labute approximate surface area is 162 Å². The molecule has 0 aromatic heterocycles. The summed E-state index contributed by atoms with van der Waals surface area (Å²) in [5.74, 6) is 0.128. The van der Waals surface area contributed by atoms with E-state index in [0.29, 0.717) is 19.1 Å². The molecular formula is C18H29Cl2N3O2. The second kappa shape index (κ2) is 11.7. The smallest absolute Gasteiger partial charge is 0.222 e. The van der Waals surface area contributed by atoms with E-state index in [-0.39, 0.29) is 36.8 Å². The minimum Gasteiger partial charge on any atom is -0.375 e. The summed E-state index contributed by atoms with van der Waals surface area (Å²) in [7, 11) is 0. The van der Waals surface area contributed by atoms with Crippen molar-refractivity contribution < 1.29 is 9.53 Å². The molecule has 0 aliphatic carbocycles. The number of rotatable bonds is 5. The molecule has 1 aromatic carbocycles.